The van der Waals surface area contributed by atoms with Gasteiger partial charge in [-0.25, -0.2) is 0 Å². The topological polar surface area (TPSA) is 68.6 Å². The first kappa shape index (κ1) is 32.9. The van der Waals surface area contributed by atoms with Gasteiger partial charge in [0, 0.05) is 39.2 Å². The Morgan fingerprint density at radius 1 is 0.512 bits per heavy atom. The molecule has 0 aliphatic carbocycles. The van der Waals surface area contributed by atoms with Crippen LogP contribution < -0.4 is 0 Å². The molecular weight excluding hydrogens is 709 g/mol. The van der Waals surface area contributed by atoms with Gasteiger partial charge in [-0.05, 0) is 36.1 Å². The second-order valence-electron chi connectivity index (χ2n) is 9.39. The van der Waals surface area contributed by atoms with Crippen LogP contribution in [0.1, 0.15) is 26.7 Å². The third-order valence-electron chi connectivity index (χ3n) is 6.11. The van der Waals surface area contributed by atoms with E-state index in [-0.39, 0.29) is 25.9 Å². The number of carbonyl (C=O) groups excluding carboxylic acids is 1. The fourth-order valence-electron chi connectivity index (χ4n) is 4.03. The molecule has 0 bridgehead atoms. The van der Waals surface area contributed by atoms with E-state index in [9.17, 15) is 4.79 Å². The second-order valence-corrected chi connectivity index (χ2v) is 9.39. The van der Waals surface area contributed by atoms with Crippen LogP contribution in [0.2, 0.25) is 0 Å². The molecular formula is C37H32IrN4O-2. The van der Waals surface area contributed by atoms with E-state index in [1.54, 1.807) is 6.92 Å². The van der Waals surface area contributed by atoms with Crippen LogP contribution in [0, 0.1) is 12.7 Å². The van der Waals surface area contributed by atoms with Crippen molar-refractivity contribution in [2.24, 2.45) is 0 Å². The third kappa shape index (κ3) is 10.6. The molecule has 43 heavy (non-hydrogen) atoms. The van der Waals surface area contributed by atoms with Gasteiger partial charge < -0.3 is 24.7 Å². The van der Waals surface area contributed by atoms with Crippen LogP contribution in [0.15, 0.2) is 133 Å². The van der Waals surface area contributed by atoms with E-state index in [1.165, 1.54) is 0 Å². The molecule has 0 aliphatic rings. The summed E-state index contributed by atoms with van der Waals surface area (Å²) in [4.78, 5) is 26.8. The fraction of sp³-hybridized carbons (Fsp3) is 0.108. The SMILES string of the molecule is CCCC(C)=O.[Ir].[c-]1nc(-c2ccccc2)cc(-c2ccccc2)n1.[c-]1nc(-c2ccccc2)cc(-c2ccccc2)n1. The Balaban J connectivity index is 0.000000195. The number of hydrogen-bond donors (Lipinski definition) is 0. The number of Topliss-reactive ketones (excluding diaryl/α,β-unsaturated/α-hetero) is 1. The van der Waals surface area contributed by atoms with Crippen molar-refractivity contribution in [2.45, 2.75) is 26.7 Å². The molecule has 0 aliphatic heterocycles. The first-order valence-electron chi connectivity index (χ1n) is 13.9. The van der Waals surface area contributed by atoms with Gasteiger partial charge in [-0.1, -0.05) is 151 Å². The molecule has 6 aromatic rings. The quantitative estimate of drug-likeness (QED) is 0.160. The van der Waals surface area contributed by atoms with Gasteiger partial charge in [0.2, 0.25) is 0 Å². The number of hydrogen-bond acceptors (Lipinski definition) is 5. The van der Waals surface area contributed by atoms with Gasteiger partial charge in [0.05, 0.1) is 0 Å². The maximum absolute atomic E-state index is 10.0. The zero-order valence-electron chi connectivity index (χ0n) is 24.1. The first-order chi connectivity index (χ1) is 20.6. The predicted octanol–water partition coefficient (Wildman–Crippen LogP) is 8.59. The molecule has 0 saturated heterocycles. The van der Waals surface area contributed by atoms with E-state index >= 15 is 0 Å². The standard InChI is InChI=1S/2C16H11N2.C5H10O.Ir/c2*1-3-7-13(8-4-1)15-11-16(18-12-17-15)14-9-5-2-6-10-14;1-3-4-5(2)6;/h2*1-11H;3-4H2,1-2H3;/q2*-1;;. The number of benzene rings is 4. The molecule has 0 N–H and O–H groups in total. The third-order valence-corrected chi connectivity index (χ3v) is 6.11. The Morgan fingerprint density at radius 3 is 0.953 bits per heavy atom. The zero-order chi connectivity index (χ0) is 29.4. The van der Waals surface area contributed by atoms with Crippen LogP contribution >= 0.6 is 0 Å². The van der Waals surface area contributed by atoms with Crippen molar-refractivity contribution in [3.8, 4) is 45.0 Å². The Bertz CT molecular complexity index is 1420. The summed E-state index contributed by atoms with van der Waals surface area (Å²) in [6.07, 6.45) is 7.17. The molecule has 0 atom stereocenters. The van der Waals surface area contributed by atoms with Crippen molar-refractivity contribution >= 4 is 5.78 Å². The van der Waals surface area contributed by atoms with Crippen molar-refractivity contribution in [1.82, 2.24) is 19.9 Å². The summed E-state index contributed by atoms with van der Waals surface area (Å²) in [6.45, 7) is 3.62. The molecule has 6 rings (SSSR count). The number of ketones is 1. The van der Waals surface area contributed by atoms with E-state index in [0.717, 1.165) is 57.9 Å². The molecule has 2 heterocycles. The maximum Gasteiger partial charge on any atom is 0.129 e. The van der Waals surface area contributed by atoms with E-state index in [4.69, 9.17) is 0 Å². The van der Waals surface area contributed by atoms with Crippen LogP contribution in [0.5, 0.6) is 0 Å². The summed E-state index contributed by atoms with van der Waals surface area (Å²) >= 11 is 0. The number of carbonyl (C=O) groups is 1. The van der Waals surface area contributed by atoms with Crippen LogP contribution in [0.4, 0.5) is 0 Å². The molecule has 217 valence electrons. The molecule has 0 spiro atoms. The largest absolute Gasteiger partial charge is 0.366 e. The fourth-order valence-corrected chi connectivity index (χ4v) is 4.03. The predicted molar refractivity (Wildman–Crippen MR) is 169 cm³/mol. The summed E-state index contributed by atoms with van der Waals surface area (Å²) in [5.74, 6) is 0.289. The van der Waals surface area contributed by atoms with Crippen LogP contribution in [-0.4, -0.2) is 25.7 Å². The normalized spacial score (nSPS) is 9.72. The van der Waals surface area contributed by atoms with E-state index in [0.29, 0.717) is 0 Å². The van der Waals surface area contributed by atoms with Crippen molar-refractivity contribution in [1.29, 1.82) is 0 Å². The zero-order valence-corrected chi connectivity index (χ0v) is 26.5. The van der Waals surface area contributed by atoms with Gasteiger partial charge in [-0.2, -0.15) is 0 Å². The Labute approximate surface area is 267 Å². The minimum absolute atomic E-state index is 0. The molecule has 0 amide bonds. The second kappa shape index (κ2) is 18.0. The number of nitrogens with zero attached hydrogens (tertiary/aromatic N) is 4. The molecule has 1 radical (unpaired) electrons. The summed E-state index contributed by atoms with van der Waals surface area (Å²) < 4.78 is 0. The van der Waals surface area contributed by atoms with E-state index in [2.05, 4.69) is 32.6 Å². The molecule has 2 aromatic heterocycles. The number of aromatic nitrogens is 4. The summed E-state index contributed by atoms with van der Waals surface area (Å²) in [7, 11) is 0. The van der Waals surface area contributed by atoms with E-state index in [1.807, 2.05) is 140 Å². The van der Waals surface area contributed by atoms with Gasteiger partial charge in [0.25, 0.3) is 0 Å². The summed E-state index contributed by atoms with van der Waals surface area (Å²) in [5, 5.41) is 0. The van der Waals surface area contributed by atoms with Crippen LogP contribution in [-0.2, 0) is 24.9 Å². The Kier molecular flexibility index (Phi) is 13.8. The molecule has 6 heteroatoms. The van der Waals surface area contributed by atoms with Crippen molar-refractivity contribution in [3.05, 3.63) is 146 Å². The number of rotatable bonds is 6. The summed E-state index contributed by atoms with van der Waals surface area (Å²) in [5.41, 5.74) is 7.88. The smallest absolute Gasteiger partial charge is 0.129 e. The van der Waals surface area contributed by atoms with Crippen molar-refractivity contribution in [3.63, 3.8) is 0 Å². The molecule has 0 unspecified atom stereocenters. The van der Waals surface area contributed by atoms with Crippen LogP contribution in [0.25, 0.3) is 45.0 Å². The Hall–Kier alpha value is -4.64. The minimum Gasteiger partial charge on any atom is -0.366 e. The van der Waals surface area contributed by atoms with Crippen molar-refractivity contribution < 1.29 is 24.9 Å². The minimum atomic E-state index is 0. The molecule has 5 nitrogen and oxygen atoms in total. The van der Waals surface area contributed by atoms with Crippen LogP contribution in [0.3, 0.4) is 0 Å². The maximum atomic E-state index is 10.0. The van der Waals surface area contributed by atoms with Gasteiger partial charge in [-0.15, -0.1) is 12.1 Å². The summed E-state index contributed by atoms with van der Waals surface area (Å²) in [6, 6.07) is 44.2. The molecule has 0 fully saturated rings. The average molecular weight is 741 g/mol. The average Bonchev–Trinajstić information content (AvgIpc) is 3.07. The van der Waals surface area contributed by atoms with Gasteiger partial charge in [0.15, 0.2) is 0 Å². The Morgan fingerprint density at radius 2 is 0.767 bits per heavy atom. The van der Waals surface area contributed by atoms with E-state index < -0.39 is 0 Å². The molecule has 0 saturated carbocycles. The monoisotopic (exact) mass is 741 g/mol. The van der Waals surface area contributed by atoms with Gasteiger partial charge in [0.1, 0.15) is 5.78 Å². The first-order valence-corrected chi connectivity index (χ1v) is 13.9. The van der Waals surface area contributed by atoms with Gasteiger partial charge in [-0.3, -0.25) is 0 Å². The van der Waals surface area contributed by atoms with Crippen molar-refractivity contribution in [2.75, 3.05) is 0 Å². The van der Waals surface area contributed by atoms with Gasteiger partial charge >= 0.3 is 0 Å². The molecule has 4 aromatic carbocycles.